The van der Waals surface area contributed by atoms with Gasteiger partial charge in [0.1, 0.15) is 5.75 Å². The van der Waals surface area contributed by atoms with E-state index in [0.29, 0.717) is 16.3 Å². The Balaban J connectivity index is 1.82. The number of amides is 1. The number of nitrogens with one attached hydrogen (secondary N) is 2. The van der Waals surface area contributed by atoms with Gasteiger partial charge in [-0.15, -0.1) is 0 Å². The highest BCUT2D eigenvalue weighted by atomic mass is 35.5. The van der Waals surface area contributed by atoms with Crippen molar-refractivity contribution in [2.45, 2.75) is 11.4 Å². The first-order chi connectivity index (χ1) is 13.9. The van der Waals surface area contributed by atoms with Crippen LogP contribution in [0.5, 0.6) is 5.75 Å². The van der Waals surface area contributed by atoms with Crippen molar-refractivity contribution in [2.75, 3.05) is 12.4 Å². The van der Waals surface area contributed by atoms with Gasteiger partial charge in [0.2, 0.25) is 10.0 Å². The first kappa shape index (κ1) is 20.9. The fourth-order valence-corrected chi connectivity index (χ4v) is 3.77. The first-order valence-corrected chi connectivity index (χ1v) is 10.5. The number of hydrogen-bond acceptors (Lipinski definition) is 4. The van der Waals surface area contributed by atoms with Crippen molar-refractivity contribution in [3.63, 3.8) is 0 Å². The van der Waals surface area contributed by atoms with Crippen LogP contribution in [0.2, 0.25) is 5.02 Å². The maximum atomic E-state index is 12.7. The minimum atomic E-state index is -3.79. The normalized spacial score (nSPS) is 11.1. The minimum Gasteiger partial charge on any atom is -0.495 e. The SMILES string of the molecule is COc1ccc(S(=O)(=O)NCc2ccccc2)cc1NC(=O)c1ccc(Cl)cc1. The lowest BCUT2D eigenvalue weighted by molar-refractivity contribution is 0.102. The van der Waals surface area contributed by atoms with E-state index in [1.54, 1.807) is 24.3 Å². The van der Waals surface area contributed by atoms with E-state index in [1.807, 2.05) is 30.3 Å². The Labute approximate surface area is 174 Å². The van der Waals surface area contributed by atoms with Crippen LogP contribution in [0.15, 0.2) is 77.7 Å². The summed E-state index contributed by atoms with van der Waals surface area (Å²) in [5.41, 5.74) is 1.46. The zero-order valence-corrected chi connectivity index (χ0v) is 17.1. The Morgan fingerprint density at radius 1 is 1.00 bits per heavy atom. The molecule has 2 N–H and O–H groups in total. The molecule has 0 bridgehead atoms. The Kier molecular flexibility index (Phi) is 6.53. The molecule has 0 aliphatic carbocycles. The van der Waals surface area contributed by atoms with Crippen molar-refractivity contribution >= 4 is 33.2 Å². The summed E-state index contributed by atoms with van der Waals surface area (Å²) in [6.45, 7) is 0.154. The van der Waals surface area contributed by atoms with Crippen molar-refractivity contribution in [1.82, 2.24) is 4.72 Å². The number of hydrogen-bond donors (Lipinski definition) is 2. The Bertz CT molecular complexity index is 1100. The maximum absolute atomic E-state index is 12.7. The van der Waals surface area contributed by atoms with Crippen molar-refractivity contribution < 1.29 is 17.9 Å². The molecule has 6 nitrogen and oxygen atoms in total. The van der Waals surface area contributed by atoms with Crippen LogP contribution in [-0.2, 0) is 16.6 Å². The number of anilines is 1. The van der Waals surface area contributed by atoms with E-state index < -0.39 is 15.9 Å². The summed E-state index contributed by atoms with van der Waals surface area (Å²) in [5.74, 6) is -0.0684. The highest BCUT2D eigenvalue weighted by Crippen LogP contribution is 2.28. The van der Waals surface area contributed by atoms with Crippen LogP contribution < -0.4 is 14.8 Å². The van der Waals surface area contributed by atoms with Gasteiger partial charge in [-0.2, -0.15) is 0 Å². The van der Waals surface area contributed by atoms with Gasteiger partial charge in [0.05, 0.1) is 17.7 Å². The Morgan fingerprint density at radius 2 is 1.69 bits per heavy atom. The van der Waals surface area contributed by atoms with Crippen LogP contribution in [0.4, 0.5) is 5.69 Å². The van der Waals surface area contributed by atoms with E-state index in [4.69, 9.17) is 16.3 Å². The molecule has 0 radical (unpaired) electrons. The molecular weight excluding hydrogens is 412 g/mol. The molecule has 0 unspecified atom stereocenters. The predicted molar refractivity (Wildman–Crippen MR) is 113 cm³/mol. The zero-order chi connectivity index (χ0) is 20.9. The molecule has 0 heterocycles. The van der Waals surface area contributed by atoms with Gasteiger partial charge in [-0.3, -0.25) is 4.79 Å². The molecule has 0 aliphatic rings. The van der Waals surface area contributed by atoms with Gasteiger partial charge in [-0.05, 0) is 48.0 Å². The first-order valence-electron chi connectivity index (χ1n) is 8.67. The third-order valence-electron chi connectivity index (χ3n) is 4.14. The number of ether oxygens (including phenoxy) is 1. The molecule has 0 saturated carbocycles. The van der Waals surface area contributed by atoms with Gasteiger partial charge in [0, 0.05) is 17.1 Å². The Morgan fingerprint density at radius 3 is 2.34 bits per heavy atom. The van der Waals surface area contributed by atoms with Gasteiger partial charge < -0.3 is 10.1 Å². The second-order valence-corrected chi connectivity index (χ2v) is 8.34. The summed E-state index contributed by atoms with van der Waals surface area (Å²) in [4.78, 5) is 12.5. The molecule has 0 spiro atoms. The fourth-order valence-electron chi connectivity index (χ4n) is 2.61. The number of carbonyl (C=O) groups is 1. The number of halogens is 1. The standard InChI is InChI=1S/C21H19ClN2O4S/c1-28-20-12-11-18(29(26,27)23-14-15-5-3-2-4-6-15)13-19(20)24-21(25)16-7-9-17(22)10-8-16/h2-13,23H,14H2,1H3,(H,24,25). The van der Waals surface area contributed by atoms with Gasteiger partial charge in [-0.1, -0.05) is 41.9 Å². The smallest absolute Gasteiger partial charge is 0.255 e. The number of sulfonamides is 1. The molecule has 8 heteroatoms. The van der Waals surface area contributed by atoms with Crippen molar-refractivity contribution in [3.8, 4) is 5.75 Å². The predicted octanol–water partition coefficient (Wildman–Crippen LogP) is 4.08. The van der Waals surface area contributed by atoms with Crippen molar-refractivity contribution in [2.24, 2.45) is 0 Å². The van der Waals surface area contributed by atoms with Gasteiger partial charge in [-0.25, -0.2) is 13.1 Å². The second-order valence-electron chi connectivity index (χ2n) is 6.13. The molecule has 3 aromatic carbocycles. The van der Waals surface area contributed by atoms with Crippen molar-refractivity contribution in [1.29, 1.82) is 0 Å². The summed E-state index contributed by atoms with van der Waals surface area (Å²) in [6, 6.07) is 19.8. The van der Waals surface area contributed by atoms with Gasteiger partial charge in [0.15, 0.2) is 0 Å². The van der Waals surface area contributed by atoms with E-state index >= 15 is 0 Å². The second kappa shape index (κ2) is 9.09. The minimum absolute atomic E-state index is 0.0145. The zero-order valence-electron chi connectivity index (χ0n) is 15.6. The van der Waals surface area contributed by atoms with E-state index in [2.05, 4.69) is 10.0 Å². The summed E-state index contributed by atoms with van der Waals surface area (Å²) < 4.78 is 33.1. The lowest BCUT2D eigenvalue weighted by Gasteiger charge is -2.13. The average molecular weight is 431 g/mol. The molecule has 0 saturated heterocycles. The summed E-state index contributed by atoms with van der Waals surface area (Å²) in [6.07, 6.45) is 0. The molecule has 0 aromatic heterocycles. The lowest BCUT2D eigenvalue weighted by Crippen LogP contribution is -2.23. The molecule has 1 amide bonds. The van der Waals surface area contributed by atoms with Crippen LogP contribution in [0.3, 0.4) is 0 Å². The number of methoxy groups -OCH3 is 1. The van der Waals surface area contributed by atoms with E-state index in [1.165, 1.54) is 25.3 Å². The molecule has 0 aliphatic heterocycles. The van der Waals surface area contributed by atoms with E-state index in [0.717, 1.165) is 5.56 Å². The molecule has 3 aromatic rings. The summed E-state index contributed by atoms with van der Waals surface area (Å²) in [7, 11) is -2.35. The van der Waals surface area contributed by atoms with Gasteiger partial charge in [0.25, 0.3) is 5.91 Å². The molecule has 150 valence electrons. The topological polar surface area (TPSA) is 84.5 Å². The average Bonchev–Trinajstić information content (AvgIpc) is 2.73. The summed E-state index contributed by atoms with van der Waals surface area (Å²) >= 11 is 5.84. The van der Waals surface area contributed by atoms with Crippen LogP contribution in [0.25, 0.3) is 0 Å². The quantitative estimate of drug-likeness (QED) is 0.591. The Hall–Kier alpha value is -2.87. The lowest BCUT2D eigenvalue weighted by atomic mass is 10.2. The number of benzene rings is 3. The van der Waals surface area contributed by atoms with Gasteiger partial charge >= 0.3 is 0 Å². The number of rotatable bonds is 7. The fraction of sp³-hybridized carbons (Fsp3) is 0.0952. The molecule has 3 rings (SSSR count). The number of carbonyl (C=O) groups excluding carboxylic acids is 1. The van der Waals surface area contributed by atoms with Crippen LogP contribution in [0, 0.1) is 0 Å². The third-order valence-corrected chi connectivity index (χ3v) is 5.80. The van der Waals surface area contributed by atoms with Crippen LogP contribution in [-0.4, -0.2) is 21.4 Å². The monoisotopic (exact) mass is 430 g/mol. The van der Waals surface area contributed by atoms with Crippen LogP contribution in [0.1, 0.15) is 15.9 Å². The van der Waals surface area contributed by atoms with Crippen molar-refractivity contribution in [3.05, 3.63) is 88.9 Å². The third kappa shape index (κ3) is 5.35. The maximum Gasteiger partial charge on any atom is 0.255 e. The van der Waals surface area contributed by atoms with E-state index in [9.17, 15) is 13.2 Å². The highest BCUT2D eigenvalue weighted by molar-refractivity contribution is 7.89. The van der Waals surface area contributed by atoms with E-state index in [-0.39, 0.29) is 17.1 Å². The molecular formula is C21H19ClN2O4S. The highest BCUT2D eigenvalue weighted by Gasteiger charge is 2.18. The molecule has 0 fully saturated rings. The molecule has 0 atom stereocenters. The van der Waals surface area contributed by atoms with Crippen LogP contribution >= 0.6 is 11.6 Å². The molecule has 29 heavy (non-hydrogen) atoms. The summed E-state index contributed by atoms with van der Waals surface area (Å²) in [5, 5.41) is 3.20. The largest absolute Gasteiger partial charge is 0.495 e.